The Labute approximate surface area is 135 Å². The van der Waals surface area contributed by atoms with Crippen molar-refractivity contribution in [1.82, 2.24) is 9.80 Å². The number of urea groups is 1. The minimum atomic E-state index is -0.951. The molecule has 3 aliphatic rings. The summed E-state index contributed by atoms with van der Waals surface area (Å²) in [6.07, 6.45) is 3.39. The molecule has 23 heavy (non-hydrogen) atoms. The van der Waals surface area contributed by atoms with Gasteiger partial charge in [0.2, 0.25) is 0 Å². The summed E-state index contributed by atoms with van der Waals surface area (Å²) in [6, 6.07) is 3.60. The first-order valence-corrected chi connectivity index (χ1v) is 8.32. The molecule has 0 aliphatic carbocycles. The molecule has 3 fully saturated rings. The molecule has 2 atom stereocenters. The SMILES string of the molecule is CCCN1C[C@H]2CC[C@@H]1CN(C(=O)Nc1ccc(F)c(F)c1)C2. The molecule has 3 heterocycles. The van der Waals surface area contributed by atoms with Crippen LogP contribution in [0.1, 0.15) is 26.2 Å². The predicted molar refractivity (Wildman–Crippen MR) is 85.3 cm³/mol. The van der Waals surface area contributed by atoms with Gasteiger partial charge in [-0.3, -0.25) is 4.90 Å². The molecule has 126 valence electrons. The van der Waals surface area contributed by atoms with Gasteiger partial charge in [0.15, 0.2) is 11.6 Å². The number of benzene rings is 1. The Bertz CT molecular complexity index is 581. The van der Waals surface area contributed by atoms with Gasteiger partial charge in [-0.25, -0.2) is 13.6 Å². The molecule has 1 aromatic carbocycles. The smallest absolute Gasteiger partial charge is 0.321 e. The van der Waals surface area contributed by atoms with E-state index in [0.717, 1.165) is 51.0 Å². The molecule has 2 amide bonds. The van der Waals surface area contributed by atoms with Crippen LogP contribution >= 0.6 is 0 Å². The summed E-state index contributed by atoms with van der Waals surface area (Å²) in [5, 5.41) is 2.68. The molecule has 0 saturated carbocycles. The number of anilines is 1. The summed E-state index contributed by atoms with van der Waals surface area (Å²) in [5.74, 6) is -1.37. The van der Waals surface area contributed by atoms with E-state index in [0.29, 0.717) is 18.5 Å². The second-order valence-electron chi connectivity index (χ2n) is 6.56. The Morgan fingerprint density at radius 3 is 2.78 bits per heavy atom. The lowest BCUT2D eigenvalue weighted by Crippen LogP contribution is -2.45. The van der Waals surface area contributed by atoms with Crippen molar-refractivity contribution in [3.05, 3.63) is 29.8 Å². The van der Waals surface area contributed by atoms with Crippen LogP contribution in [0.4, 0.5) is 19.3 Å². The first kappa shape index (κ1) is 16.2. The zero-order chi connectivity index (χ0) is 16.4. The van der Waals surface area contributed by atoms with Crippen molar-refractivity contribution in [2.75, 3.05) is 31.5 Å². The molecular formula is C17H23F2N3O. The molecular weight excluding hydrogens is 300 g/mol. The molecule has 6 heteroatoms. The summed E-state index contributed by atoms with van der Waals surface area (Å²) in [5.41, 5.74) is 0.288. The lowest BCUT2D eigenvalue weighted by Gasteiger charge is -2.35. The van der Waals surface area contributed by atoms with E-state index < -0.39 is 11.6 Å². The fourth-order valence-electron chi connectivity index (χ4n) is 3.68. The average molecular weight is 323 g/mol. The van der Waals surface area contributed by atoms with Crippen molar-refractivity contribution < 1.29 is 13.6 Å². The third kappa shape index (κ3) is 3.63. The van der Waals surface area contributed by atoms with Crippen molar-refractivity contribution in [3.63, 3.8) is 0 Å². The van der Waals surface area contributed by atoms with E-state index in [2.05, 4.69) is 17.1 Å². The Balaban J connectivity index is 1.67. The Kier molecular flexibility index (Phi) is 4.80. The summed E-state index contributed by atoms with van der Waals surface area (Å²) in [7, 11) is 0. The molecule has 3 saturated heterocycles. The Morgan fingerprint density at radius 2 is 2.04 bits per heavy atom. The number of nitrogens with one attached hydrogen (secondary N) is 1. The Hall–Kier alpha value is -1.69. The van der Waals surface area contributed by atoms with Gasteiger partial charge in [-0.05, 0) is 43.9 Å². The predicted octanol–water partition coefficient (Wildman–Crippen LogP) is 3.30. The van der Waals surface area contributed by atoms with E-state index in [9.17, 15) is 13.6 Å². The Morgan fingerprint density at radius 1 is 1.22 bits per heavy atom. The van der Waals surface area contributed by atoms with Crippen LogP contribution in [-0.2, 0) is 0 Å². The zero-order valence-corrected chi connectivity index (χ0v) is 13.4. The van der Waals surface area contributed by atoms with Crippen molar-refractivity contribution in [2.24, 2.45) is 5.92 Å². The summed E-state index contributed by atoms with van der Waals surface area (Å²) < 4.78 is 26.2. The number of fused-ring (bicyclic) bond motifs is 4. The number of carbonyl (C=O) groups excluding carboxylic acids is 1. The van der Waals surface area contributed by atoms with Crippen molar-refractivity contribution in [3.8, 4) is 0 Å². The maximum atomic E-state index is 13.3. The lowest BCUT2D eigenvalue weighted by atomic mass is 9.95. The molecule has 0 aromatic heterocycles. The highest BCUT2D eigenvalue weighted by Crippen LogP contribution is 2.28. The molecule has 1 N–H and O–H groups in total. The van der Waals surface area contributed by atoms with Gasteiger partial charge in [-0.1, -0.05) is 6.92 Å². The number of piperidine rings is 1. The summed E-state index contributed by atoms with van der Waals surface area (Å²) in [4.78, 5) is 16.8. The monoisotopic (exact) mass is 323 g/mol. The molecule has 3 aliphatic heterocycles. The van der Waals surface area contributed by atoms with Gasteiger partial charge in [0.25, 0.3) is 0 Å². The van der Waals surface area contributed by atoms with E-state index in [1.54, 1.807) is 0 Å². The number of amides is 2. The van der Waals surface area contributed by atoms with Crippen molar-refractivity contribution in [2.45, 2.75) is 32.2 Å². The molecule has 0 radical (unpaired) electrons. The number of rotatable bonds is 3. The normalized spacial score (nSPS) is 24.6. The van der Waals surface area contributed by atoms with Gasteiger partial charge in [0, 0.05) is 37.4 Å². The van der Waals surface area contributed by atoms with Crippen LogP contribution in [0.5, 0.6) is 0 Å². The van der Waals surface area contributed by atoms with Crippen LogP contribution in [0.15, 0.2) is 18.2 Å². The van der Waals surface area contributed by atoms with Gasteiger partial charge in [0.05, 0.1) is 0 Å². The maximum absolute atomic E-state index is 13.3. The second-order valence-corrected chi connectivity index (χ2v) is 6.56. The van der Waals surface area contributed by atoms with Crippen LogP contribution in [0.2, 0.25) is 0 Å². The third-order valence-corrected chi connectivity index (χ3v) is 4.80. The number of nitrogens with zero attached hydrogens (tertiary/aromatic N) is 2. The number of hydrogen-bond donors (Lipinski definition) is 1. The van der Waals surface area contributed by atoms with Gasteiger partial charge >= 0.3 is 6.03 Å². The highest BCUT2D eigenvalue weighted by molar-refractivity contribution is 5.89. The van der Waals surface area contributed by atoms with Gasteiger partial charge in [-0.15, -0.1) is 0 Å². The number of carbonyl (C=O) groups is 1. The molecule has 1 aromatic rings. The fraction of sp³-hybridized carbons (Fsp3) is 0.588. The zero-order valence-electron chi connectivity index (χ0n) is 13.4. The minimum Gasteiger partial charge on any atom is -0.323 e. The molecule has 4 rings (SSSR count). The third-order valence-electron chi connectivity index (χ3n) is 4.80. The van der Waals surface area contributed by atoms with Gasteiger partial charge in [0.1, 0.15) is 0 Å². The summed E-state index contributed by atoms with van der Waals surface area (Å²) >= 11 is 0. The highest BCUT2D eigenvalue weighted by atomic mass is 19.2. The fourth-order valence-corrected chi connectivity index (χ4v) is 3.68. The highest BCUT2D eigenvalue weighted by Gasteiger charge is 2.35. The first-order chi connectivity index (χ1) is 11.1. The van der Waals surface area contributed by atoms with Crippen LogP contribution in [0.3, 0.4) is 0 Å². The molecule has 4 nitrogen and oxygen atoms in total. The van der Waals surface area contributed by atoms with Crippen LogP contribution in [-0.4, -0.2) is 48.1 Å². The standard InChI is InChI=1S/C17H23F2N3O/c1-2-7-21-9-12-3-5-14(21)11-22(10-12)17(23)20-13-4-6-15(18)16(19)8-13/h4,6,8,12,14H,2-3,5,7,9-11H2,1H3,(H,20,23)/t12-,14-/m1/s1. The second kappa shape index (κ2) is 6.83. The van der Waals surface area contributed by atoms with Crippen LogP contribution in [0, 0.1) is 17.6 Å². The molecule has 0 unspecified atom stereocenters. The van der Waals surface area contributed by atoms with E-state index in [1.807, 2.05) is 4.90 Å². The van der Waals surface area contributed by atoms with Crippen molar-refractivity contribution >= 4 is 11.7 Å². The largest absolute Gasteiger partial charge is 0.323 e. The minimum absolute atomic E-state index is 0.230. The lowest BCUT2D eigenvalue weighted by molar-refractivity contribution is 0.132. The molecule has 2 bridgehead atoms. The van der Waals surface area contributed by atoms with Crippen molar-refractivity contribution in [1.29, 1.82) is 0 Å². The summed E-state index contributed by atoms with van der Waals surface area (Å²) in [6.45, 7) is 5.72. The van der Waals surface area contributed by atoms with E-state index >= 15 is 0 Å². The van der Waals surface area contributed by atoms with E-state index in [4.69, 9.17) is 0 Å². The van der Waals surface area contributed by atoms with Gasteiger partial charge < -0.3 is 10.2 Å². The maximum Gasteiger partial charge on any atom is 0.321 e. The molecule has 0 spiro atoms. The number of halogens is 2. The van der Waals surface area contributed by atoms with Crippen LogP contribution < -0.4 is 5.32 Å². The number of hydrogen-bond acceptors (Lipinski definition) is 2. The average Bonchev–Trinajstić information content (AvgIpc) is 2.83. The van der Waals surface area contributed by atoms with E-state index in [-0.39, 0.29) is 11.7 Å². The first-order valence-electron chi connectivity index (χ1n) is 8.32. The van der Waals surface area contributed by atoms with Crippen LogP contribution in [0.25, 0.3) is 0 Å². The topological polar surface area (TPSA) is 35.6 Å². The quantitative estimate of drug-likeness (QED) is 0.926. The van der Waals surface area contributed by atoms with Gasteiger partial charge in [-0.2, -0.15) is 0 Å². The van der Waals surface area contributed by atoms with E-state index in [1.165, 1.54) is 6.07 Å².